The zero-order valence-electron chi connectivity index (χ0n) is 16.4. The van der Waals surface area contributed by atoms with E-state index in [1.165, 1.54) is 0 Å². The molecule has 3 heterocycles. The molecule has 0 saturated heterocycles. The van der Waals surface area contributed by atoms with Crippen molar-refractivity contribution < 1.29 is 4.79 Å². The summed E-state index contributed by atoms with van der Waals surface area (Å²) in [4.78, 5) is 24.2. The first-order valence-electron chi connectivity index (χ1n) is 9.90. The smallest absolute Gasteiger partial charge is 0.224 e. The molecule has 7 heteroatoms. The number of carbonyl (C=O) groups excluding carboxylic acids is 1. The predicted molar refractivity (Wildman–Crippen MR) is 118 cm³/mol. The zero-order chi connectivity index (χ0) is 20.5. The highest BCUT2D eigenvalue weighted by molar-refractivity contribution is 5.96. The average Bonchev–Trinajstić information content (AvgIpc) is 3.37. The van der Waals surface area contributed by atoms with Gasteiger partial charge in [-0.05, 0) is 42.3 Å². The van der Waals surface area contributed by atoms with Crippen LogP contribution in [0.2, 0.25) is 0 Å². The van der Waals surface area contributed by atoms with E-state index in [4.69, 9.17) is 0 Å². The number of fused-ring (bicyclic) bond motifs is 2. The lowest BCUT2D eigenvalue weighted by Gasteiger charge is -2.07. The lowest BCUT2D eigenvalue weighted by atomic mass is 10.0. The maximum atomic E-state index is 11.9. The van der Waals surface area contributed by atoms with E-state index in [9.17, 15) is 4.79 Å². The number of para-hydroxylation sites is 2. The van der Waals surface area contributed by atoms with E-state index in [0.29, 0.717) is 12.1 Å². The number of nitrogens with one attached hydrogen (secondary N) is 3. The molecule has 0 saturated carbocycles. The third kappa shape index (κ3) is 3.30. The van der Waals surface area contributed by atoms with Gasteiger partial charge >= 0.3 is 0 Å². The number of aromatic nitrogens is 5. The minimum Gasteiger partial charge on any atom is -0.337 e. The van der Waals surface area contributed by atoms with E-state index in [1.807, 2.05) is 49.4 Å². The number of hydrogen-bond donors (Lipinski definition) is 3. The third-order valence-electron chi connectivity index (χ3n) is 5.01. The summed E-state index contributed by atoms with van der Waals surface area (Å²) in [5.41, 5.74) is 6.16. The summed E-state index contributed by atoms with van der Waals surface area (Å²) in [5.74, 6) is 0.715. The van der Waals surface area contributed by atoms with Crippen LogP contribution in [-0.2, 0) is 4.79 Å². The first kappa shape index (κ1) is 18.1. The zero-order valence-corrected chi connectivity index (χ0v) is 16.4. The highest BCUT2D eigenvalue weighted by Crippen LogP contribution is 2.30. The van der Waals surface area contributed by atoms with Gasteiger partial charge in [0.1, 0.15) is 5.69 Å². The van der Waals surface area contributed by atoms with Crippen molar-refractivity contribution in [3.05, 3.63) is 60.9 Å². The minimum atomic E-state index is -0.00564. The molecule has 3 N–H and O–H groups in total. The molecule has 0 fully saturated rings. The molecule has 0 aliphatic heterocycles. The molecule has 5 rings (SSSR count). The molecule has 0 aliphatic carbocycles. The van der Waals surface area contributed by atoms with Crippen molar-refractivity contribution in [1.82, 2.24) is 25.1 Å². The van der Waals surface area contributed by atoms with Crippen LogP contribution in [-0.4, -0.2) is 31.1 Å². The average molecular weight is 396 g/mol. The van der Waals surface area contributed by atoms with Crippen molar-refractivity contribution in [2.75, 3.05) is 5.32 Å². The number of amides is 1. The standard InChI is InChI=1S/C23H20N6O/c1-2-5-21(30)25-16-10-15(12-24-13-16)14-8-9-18-17(11-14)22(29-28-18)23-26-19-6-3-4-7-20(19)27-23/h3-4,6-13H,2,5H2,1H3,(H,25,30)(H,26,27)(H,28,29). The molecular formula is C23H20N6O. The molecule has 2 aromatic carbocycles. The van der Waals surface area contributed by atoms with E-state index in [-0.39, 0.29) is 5.91 Å². The van der Waals surface area contributed by atoms with Crippen LogP contribution < -0.4 is 5.32 Å². The Bertz CT molecular complexity index is 1330. The Morgan fingerprint density at radius 1 is 1.03 bits per heavy atom. The molecule has 0 spiro atoms. The Kier molecular flexibility index (Phi) is 4.48. The number of nitrogens with zero attached hydrogens (tertiary/aromatic N) is 3. The topological polar surface area (TPSA) is 99.3 Å². The molecule has 0 aliphatic rings. The quantitative estimate of drug-likeness (QED) is 0.393. The summed E-state index contributed by atoms with van der Waals surface area (Å²) in [6.45, 7) is 1.98. The van der Waals surface area contributed by atoms with Crippen LogP contribution in [0.4, 0.5) is 5.69 Å². The van der Waals surface area contributed by atoms with Crippen molar-refractivity contribution in [2.24, 2.45) is 0 Å². The van der Waals surface area contributed by atoms with Gasteiger partial charge in [-0.25, -0.2) is 4.98 Å². The molecule has 7 nitrogen and oxygen atoms in total. The van der Waals surface area contributed by atoms with E-state index in [0.717, 1.165) is 51.0 Å². The first-order chi connectivity index (χ1) is 14.7. The van der Waals surface area contributed by atoms with Gasteiger partial charge in [0.25, 0.3) is 0 Å². The summed E-state index contributed by atoms with van der Waals surface area (Å²) in [6, 6.07) is 15.9. The fraction of sp³-hybridized carbons (Fsp3) is 0.130. The van der Waals surface area contributed by atoms with Gasteiger partial charge in [0.05, 0.1) is 28.4 Å². The van der Waals surface area contributed by atoms with Gasteiger partial charge in [-0.3, -0.25) is 14.9 Å². The summed E-state index contributed by atoms with van der Waals surface area (Å²) in [6.07, 6.45) is 4.75. The van der Waals surface area contributed by atoms with Gasteiger partial charge in [-0.15, -0.1) is 0 Å². The van der Waals surface area contributed by atoms with Gasteiger partial charge in [-0.1, -0.05) is 25.1 Å². The van der Waals surface area contributed by atoms with Crippen LogP contribution in [0.5, 0.6) is 0 Å². The summed E-state index contributed by atoms with van der Waals surface area (Å²) < 4.78 is 0. The second-order valence-electron chi connectivity index (χ2n) is 7.20. The monoisotopic (exact) mass is 396 g/mol. The van der Waals surface area contributed by atoms with Crippen molar-refractivity contribution in [2.45, 2.75) is 19.8 Å². The van der Waals surface area contributed by atoms with Crippen LogP contribution in [0.25, 0.3) is 44.6 Å². The highest BCUT2D eigenvalue weighted by atomic mass is 16.1. The molecule has 3 aromatic heterocycles. The SMILES string of the molecule is CCCC(=O)Nc1cncc(-c2ccc3[nH]nc(-c4nc5ccccc5[nH]4)c3c2)c1. The molecule has 0 unspecified atom stereocenters. The Morgan fingerprint density at radius 2 is 1.93 bits per heavy atom. The minimum absolute atomic E-state index is 0.00564. The number of pyridine rings is 1. The molecule has 0 radical (unpaired) electrons. The number of H-pyrrole nitrogens is 2. The van der Waals surface area contributed by atoms with Crippen LogP contribution >= 0.6 is 0 Å². The molecule has 0 bridgehead atoms. The fourth-order valence-corrected chi connectivity index (χ4v) is 3.56. The second-order valence-corrected chi connectivity index (χ2v) is 7.20. The van der Waals surface area contributed by atoms with Crippen LogP contribution in [0.1, 0.15) is 19.8 Å². The Morgan fingerprint density at radius 3 is 2.80 bits per heavy atom. The van der Waals surface area contributed by atoms with Crippen LogP contribution in [0.3, 0.4) is 0 Å². The maximum absolute atomic E-state index is 11.9. The summed E-state index contributed by atoms with van der Waals surface area (Å²) in [5, 5.41) is 11.4. The van der Waals surface area contributed by atoms with Crippen LogP contribution in [0, 0.1) is 0 Å². The number of aromatic amines is 2. The number of rotatable bonds is 5. The largest absolute Gasteiger partial charge is 0.337 e. The number of benzene rings is 2. The normalized spacial score (nSPS) is 11.2. The molecule has 1 amide bonds. The van der Waals surface area contributed by atoms with Crippen molar-refractivity contribution in [1.29, 1.82) is 0 Å². The van der Waals surface area contributed by atoms with Crippen molar-refractivity contribution in [3.8, 4) is 22.6 Å². The van der Waals surface area contributed by atoms with Crippen molar-refractivity contribution in [3.63, 3.8) is 0 Å². The highest BCUT2D eigenvalue weighted by Gasteiger charge is 2.14. The molecule has 30 heavy (non-hydrogen) atoms. The second kappa shape index (κ2) is 7.44. The maximum Gasteiger partial charge on any atom is 0.224 e. The molecular weight excluding hydrogens is 376 g/mol. The Labute approximate surface area is 172 Å². The fourth-order valence-electron chi connectivity index (χ4n) is 3.56. The lowest BCUT2D eigenvalue weighted by Crippen LogP contribution is -2.10. The van der Waals surface area contributed by atoms with Crippen LogP contribution in [0.15, 0.2) is 60.9 Å². The summed E-state index contributed by atoms with van der Waals surface area (Å²) in [7, 11) is 0. The first-order valence-corrected chi connectivity index (χ1v) is 9.90. The molecule has 148 valence electrons. The van der Waals surface area contributed by atoms with Gasteiger partial charge in [-0.2, -0.15) is 5.10 Å². The number of carbonyl (C=O) groups is 1. The van der Waals surface area contributed by atoms with E-state index < -0.39 is 0 Å². The van der Waals surface area contributed by atoms with Gasteiger partial charge < -0.3 is 10.3 Å². The van der Waals surface area contributed by atoms with E-state index in [2.05, 4.69) is 36.5 Å². The van der Waals surface area contributed by atoms with Gasteiger partial charge in [0.2, 0.25) is 5.91 Å². The van der Waals surface area contributed by atoms with Gasteiger partial charge in [0, 0.05) is 23.6 Å². The molecule has 5 aromatic rings. The number of anilines is 1. The molecule has 0 atom stereocenters. The Balaban J connectivity index is 1.54. The van der Waals surface area contributed by atoms with E-state index >= 15 is 0 Å². The van der Waals surface area contributed by atoms with Crippen molar-refractivity contribution >= 4 is 33.5 Å². The predicted octanol–water partition coefficient (Wildman–Crippen LogP) is 4.91. The lowest BCUT2D eigenvalue weighted by molar-refractivity contribution is -0.116. The number of hydrogen-bond acceptors (Lipinski definition) is 4. The third-order valence-corrected chi connectivity index (χ3v) is 5.01. The number of imidazole rings is 1. The Hall–Kier alpha value is -4.00. The summed E-state index contributed by atoms with van der Waals surface area (Å²) >= 11 is 0. The van der Waals surface area contributed by atoms with E-state index in [1.54, 1.807) is 12.4 Å². The van der Waals surface area contributed by atoms with Gasteiger partial charge in [0.15, 0.2) is 5.82 Å².